The molecule has 2 aromatic heterocycles. The summed E-state index contributed by atoms with van der Waals surface area (Å²) in [7, 11) is 0. The molecule has 5 heteroatoms. The number of ether oxygens (including phenoxy) is 1. The second-order valence-electron chi connectivity index (χ2n) is 4.25. The molecule has 0 atom stereocenters. The van der Waals surface area contributed by atoms with E-state index in [0.717, 1.165) is 11.5 Å². The van der Waals surface area contributed by atoms with E-state index in [4.69, 9.17) is 4.74 Å². The summed E-state index contributed by atoms with van der Waals surface area (Å²) in [6.45, 7) is 6.01. The fraction of sp³-hybridized carbons (Fsp3) is 0.308. The lowest BCUT2D eigenvalue weighted by Gasteiger charge is -2.08. The summed E-state index contributed by atoms with van der Waals surface area (Å²) in [5.41, 5.74) is 0.930. The smallest absolute Gasteiger partial charge is 0.222 e. The number of nitrogens with zero attached hydrogens (tertiary/aromatic N) is 3. The van der Waals surface area contributed by atoms with Gasteiger partial charge in [0, 0.05) is 23.9 Å². The number of hydrogen-bond donors (Lipinski definition) is 0. The highest BCUT2D eigenvalue weighted by atomic mass is 79.9. The van der Waals surface area contributed by atoms with Crippen molar-refractivity contribution in [1.82, 2.24) is 15.0 Å². The summed E-state index contributed by atoms with van der Waals surface area (Å²) in [4.78, 5) is 12.8. The number of halogens is 1. The Labute approximate surface area is 115 Å². The number of aromatic nitrogens is 3. The summed E-state index contributed by atoms with van der Waals surface area (Å²) in [6.07, 6.45) is 1.70. The maximum atomic E-state index is 5.69. The maximum Gasteiger partial charge on any atom is 0.222 e. The summed E-state index contributed by atoms with van der Waals surface area (Å²) in [5, 5.41) is 0. The minimum atomic E-state index is 0.271. The molecule has 0 N–H and O–H groups in total. The Hall–Kier alpha value is -1.49. The first-order chi connectivity index (χ1) is 8.56. The lowest BCUT2D eigenvalue weighted by Crippen LogP contribution is -1.99. The zero-order valence-electron chi connectivity index (χ0n) is 10.5. The van der Waals surface area contributed by atoms with Crippen molar-refractivity contribution in [2.75, 3.05) is 0 Å². The average Bonchev–Trinajstić information content (AvgIpc) is 2.33. The highest BCUT2D eigenvalue weighted by Gasteiger charge is 2.08. The quantitative estimate of drug-likeness (QED) is 0.808. The normalized spacial score (nSPS) is 10.7. The number of aryl methyl sites for hydroxylation is 1. The van der Waals surface area contributed by atoms with E-state index in [2.05, 4.69) is 30.9 Å². The minimum absolute atomic E-state index is 0.271. The molecule has 2 aromatic rings. The molecule has 0 aliphatic heterocycles. The largest absolute Gasteiger partial charge is 0.436 e. The first-order valence-corrected chi connectivity index (χ1v) is 6.49. The summed E-state index contributed by atoms with van der Waals surface area (Å²) < 4.78 is 6.37. The first-order valence-electron chi connectivity index (χ1n) is 5.70. The van der Waals surface area contributed by atoms with Crippen LogP contribution in [0.25, 0.3) is 0 Å². The van der Waals surface area contributed by atoms with Crippen molar-refractivity contribution < 1.29 is 4.74 Å². The van der Waals surface area contributed by atoms with Crippen LogP contribution in [0.1, 0.15) is 31.3 Å². The molecule has 0 aliphatic carbocycles. The third-order valence-electron chi connectivity index (χ3n) is 2.33. The summed E-state index contributed by atoms with van der Waals surface area (Å²) in [6, 6.07) is 5.49. The molecule has 0 unspecified atom stereocenters. The fourth-order valence-electron chi connectivity index (χ4n) is 1.39. The highest BCUT2D eigenvalue weighted by molar-refractivity contribution is 9.10. The van der Waals surface area contributed by atoms with Gasteiger partial charge in [-0.1, -0.05) is 13.8 Å². The van der Waals surface area contributed by atoms with E-state index >= 15 is 0 Å². The van der Waals surface area contributed by atoms with Crippen LogP contribution in [0.5, 0.6) is 11.6 Å². The lowest BCUT2D eigenvalue weighted by molar-refractivity contribution is 0.451. The highest BCUT2D eigenvalue weighted by Crippen LogP contribution is 2.27. The predicted octanol–water partition coefficient (Wildman–Crippen LogP) is 3.86. The topological polar surface area (TPSA) is 47.9 Å². The molecule has 0 aromatic carbocycles. The van der Waals surface area contributed by atoms with Crippen LogP contribution in [0, 0.1) is 6.92 Å². The molecule has 0 radical (unpaired) electrons. The molecule has 0 fully saturated rings. The van der Waals surface area contributed by atoms with Crippen LogP contribution >= 0.6 is 15.9 Å². The van der Waals surface area contributed by atoms with Crippen LogP contribution in [0.3, 0.4) is 0 Å². The SMILES string of the molecule is Cc1ccc(Oc2ccnc(C(C)C)n2)c(Br)n1. The van der Waals surface area contributed by atoms with E-state index in [1.165, 1.54) is 0 Å². The molecule has 0 saturated heterocycles. The lowest BCUT2D eigenvalue weighted by atomic mass is 10.2. The summed E-state index contributed by atoms with van der Waals surface area (Å²) in [5.74, 6) is 2.21. The van der Waals surface area contributed by atoms with E-state index in [1.54, 1.807) is 12.3 Å². The van der Waals surface area contributed by atoms with Crippen molar-refractivity contribution in [2.45, 2.75) is 26.7 Å². The molecule has 18 heavy (non-hydrogen) atoms. The molecule has 0 bridgehead atoms. The third-order valence-corrected chi connectivity index (χ3v) is 2.90. The molecule has 0 spiro atoms. The molecule has 0 amide bonds. The van der Waals surface area contributed by atoms with Gasteiger partial charge in [-0.25, -0.2) is 9.97 Å². The Morgan fingerprint density at radius 2 is 1.94 bits per heavy atom. The van der Waals surface area contributed by atoms with E-state index in [0.29, 0.717) is 16.2 Å². The molecule has 2 rings (SSSR count). The minimum Gasteiger partial charge on any atom is -0.436 e. The van der Waals surface area contributed by atoms with Crippen LogP contribution in [-0.2, 0) is 0 Å². The van der Waals surface area contributed by atoms with E-state index in [1.807, 2.05) is 32.9 Å². The van der Waals surface area contributed by atoms with Gasteiger partial charge in [0.2, 0.25) is 5.88 Å². The Morgan fingerprint density at radius 3 is 2.61 bits per heavy atom. The molecule has 4 nitrogen and oxygen atoms in total. The van der Waals surface area contributed by atoms with Crippen LogP contribution in [0.2, 0.25) is 0 Å². The van der Waals surface area contributed by atoms with E-state index in [-0.39, 0.29) is 5.92 Å². The molecule has 0 aliphatic rings. The second kappa shape index (κ2) is 5.44. The number of hydrogen-bond acceptors (Lipinski definition) is 4. The Morgan fingerprint density at radius 1 is 1.17 bits per heavy atom. The van der Waals surface area contributed by atoms with Gasteiger partial charge < -0.3 is 4.74 Å². The van der Waals surface area contributed by atoms with Crippen LogP contribution in [0.4, 0.5) is 0 Å². The zero-order chi connectivity index (χ0) is 13.1. The van der Waals surface area contributed by atoms with Crippen molar-refractivity contribution in [1.29, 1.82) is 0 Å². The Balaban J connectivity index is 2.25. The molecule has 94 valence electrons. The fourth-order valence-corrected chi connectivity index (χ4v) is 1.89. The van der Waals surface area contributed by atoms with Gasteiger partial charge in [-0.05, 0) is 35.0 Å². The van der Waals surface area contributed by atoms with Crippen molar-refractivity contribution in [2.24, 2.45) is 0 Å². The van der Waals surface area contributed by atoms with Gasteiger partial charge in [0.1, 0.15) is 10.4 Å². The molecular formula is C13H14BrN3O. The van der Waals surface area contributed by atoms with Gasteiger partial charge in [0.05, 0.1) is 0 Å². The van der Waals surface area contributed by atoms with Gasteiger partial charge in [-0.2, -0.15) is 4.98 Å². The monoisotopic (exact) mass is 307 g/mol. The summed E-state index contributed by atoms with van der Waals surface area (Å²) >= 11 is 3.37. The standard InChI is InChI=1S/C13H14BrN3O/c1-8(2)13-15-7-6-11(17-13)18-10-5-4-9(3)16-12(10)14/h4-8H,1-3H3. The van der Waals surface area contributed by atoms with Crippen LogP contribution < -0.4 is 4.74 Å². The van der Waals surface area contributed by atoms with Crippen molar-refractivity contribution in [3.63, 3.8) is 0 Å². The second-order valence-corrected chi connectivity index (χ2v) is 5.00. The van der Waals surface area contributed by atoms with Crippen molar-refractivity contribution >= 4 is 15.9 Å². The van der Waals surface area contributed by atoms with Gasteiger partial charge in [-0.15, -0.1) is 0 Å². The Bertz CT molecular complexity index is 558. The van der Waals surface area contributed by atoms with Crippen molar-refractivity contribution in [3.05, 3.63) is 40.5 Å². The van der Waals surface area contributed by atoms with Crippen LogP contribution in [0.15, 0.2) is 29.0 Å². The van der Waals surface area contributed by atoms with Crippen molar-refractivity contribution in [3.8, 4) is 11.6 Å². The molecular weight excluding hydrogens is 294 g/mol. The van der Waals surface area contributed by atoms with Gasteiger partial charge in [-0.3, -0.25) is 0 Å². The molecule has 2 heterocycles. The zero-order valence-corrected chi connectivity index (χ0v) is 12.1. The van der Waals surface area contributed by atoms with E-state index in [9.17, 15) is 0 Å². The third kappa shape index (κ3) is 3.04. The predicted molar refractivity (Wildman–Crippen MR) is 72.9 cm³/mol. The molecule has 0 saturated carbocycles. The van der Waals surface area contributed by atoms with Gasteiger partial charge >= 0.3 is 0 Å². The first kappa shape index (κ1) is 13.0. The van der Waals surface area contributed by atoms with Gasteiger partial charge in [0.15, 0.2) is 5.75 Å². The number of pyridine rings is 1. The average molecular weight is 308 g/mol. The van der Waals surface area contributed by atoms with Gasteiger partial charge in [0.25, 0.3) is 0 Å². The van der Waals surface area contributed by atoms with E-state index < -0.39 is 0 Å². The maximum absolute atomic E-state index is 5.69. The van der Waals surface area contributed by atoms with Crippen LogP contribution in [-0.4, -0.2) is 15.0 Å². The Kier molecular flexibility index (Phi) is 3.91. The number of rotatable bonds is 3.